The first kappa shape index (κ1) is 38.9. The van der Waals surface area contributed by atoms with Crippen LogP contribution < -0.4 is 4.90 Å². The summed E-state index contributed by atoms with van der Waals surface area (Å²) < 4.78 is 2.62. The Morgan fingerprint density at radius 2 is 1.00 bits per heavy atom. The van der Waals surface area contributed by atoms with Crippen molar-refractivity contribution in [1.29, 1.82) is 0 Å². The molecule has 1 aliphatic rings. The Kier molecular flexibility index (Phi) is 10.0. The van der Waals surface area contributed by atoms with Crippen LogP contribution in [-0.4, -0.2) is 0 Å². The van der Waals surface area contributed by atoms with E-state index in [0.717, 1.165) is 24.2 Å². The first-order chi connectivity index (χ1) is 32.2. The van der Waals surface area contributed by atoms with Gasteiger partial charge in [0.15, 0.2) is 0 Å². The quantitative estimate of drug-likeness (QED) is 0.133. The molecule has 0 aliphatic heterocycles. The molecule has 2 heteroatoms. The monoisotopic (exact) mass is 847 g/mol. The zero-order valence-electron chi connectivity index (χ0n) is 35.9. The second kappa shape index (κ2) is 16.7. The Morgan fingerprint density at radius 3 is 1.80 bits per heavy atom. The van der Waals surface area contributed by atoms with Crippen molar-refractivity contribution in [3.63, 3.8) is 0 Å². The van der Waals surface area contributed by atoms with E-state index in [1.54, 1.807) is 0 Å². The maximum absolute atomic E-state index is 2.47. The third-order valence-corrected chi connectivity index (χ3v) is 14.5. The van der Waals surface area contributed by atoms with Crippen molar-refractivity contribution in [3.8, 4) is 44.5 Å². The molecule has 1 aliphatic carbocycles. The summed E-state index contributed by atoms with van der Waals surface area (Å²) in [5.41, 5.74) is 20.4. The van der Waals surface area contributed by atoms with Gasteiger partial charge in [-0.25, -0.2) is 0 Å². The minimum absolute atomic E-state index is 0.102. The molecule has 65 heavy (non-hydrogen) atoms. The van der Waals surface area contributed by atoms with Crippen molar-refractivity contribution >= 4 is 48.6 Å². The van der Waals surface area contributed by atoms with Crippen LogP contribution in [-0.2, 0) is 12.8 Å². The third kappa shape index (κ3) is 7.13. The van der Waals surface area contributed by atoms with Gasteiger partial charge in [0.1, 0.15) is 0 Å². The lowest BCUT2D eigenvalue weighted by Crippen LogP contribution is -2.10. The Labute approximate surface area is 385 Å². The van der Waals surface area contributed by atoms with E-state index in [4.69, 9.17) is 0 Å². The van der Waals surface area contributed by atoms with Crippen LogP contribution >= 0.6 is 11.3 Å². The lowest BCUT2D eigenvalue weighted by atomic mass is 9.80. The number of rotatable bonds is 10. The minimum Gasteiger partial charge on any atom is -0.310 e. The van der Waals surface area contributed by atoms with Gasteiger partial charge in [0.2, 0.25) is 0 Å². The van der Waals surface area contributed by atoms with Crippen molar-refractivity contribution in [3.05, 3.63) is 270 Å². The molecule has 1 aromatic heterocycles. The van der Waals surface area contributed by atoms with Gasteiger partial charge in [0.25, 0.3) is 0 Å². The van der Waals surface area contributed by atoms with Gasteiger partial charge in [-0.05, 0) is 122 Å². The fourth-order valence-electron chi connectivity index (χ4n) is 10.3. The molecule has 0 bridgehead atoms. The molecule has 12 rings (SSSR count). The molecule has 0 amide bonds. The lowest BCUT2D eigenvalue weighted by Gasteiger charge is -2.27. The van der Waals surface area contributed by atoms with E-state index in [2.05, 4.69) is 248 Å². The Hall–Kier alpha value is -7.78. The number of benzene rings is 10. The van der Waals surface area contributed by atoms with Crippen LogP contribution in [0.5, 0.6) is 0 Å². The van der Waals surface area contributed by atoms with Crippen LogP contribution in [0.25, 0.3) is 64.7 Å². The first-order valence-electron chi connectivity index (χ1n) is 22.6. The number of thiophene rings is 1. The molecular formula is C63H45NS. The van der Waals surface area contributed by atoms with Gasteiger partial charge in [-0.3, -0.25) is 0 Å². The summed E-state index contributed by atoms with van der Waals surface area (Å²) >= 11 is 1.93. The molecule has 1 heterocycles. The highest BCUT2D eigenvalue weighted by atomic mass is 32.1. The van der Waals surface area contributed by atoms with Crippen molar-refractivity contribution in [2.45, 2.75) is 18.8 Å². The summed E-state index contributed by atoms with van der Waals surface area (Å²) in [4.78, 5) is 2.47. The number of hydrogen-bond acceptors (Lipinski definition) is 2. The van der Waals surface area contributed by atoms with Crippen LogP contribution in [0.2, 0.25) is 0 Å². The van der Waals surface area contributed by atoms with Crippen molar-refractivity contribution in [1.82, 2.24) is 0 Å². The minimum atomic E-state index is 0.102. The molecule has 1 nitrogen and oxygen atoms in total. The Morgan fingerprint density at radius 1 is 0.415 bits per heavy atom. The summed E-state index contributed by atoms with van der Waals surface area (Å²) in [6, 6.07) is 89.5. The van der Waals surface area contributed by atoms with E-state index in [0.29, 0.717) is 0 Å². The second-order valence-electron chi connectivity index (χ2n) is 17.1. The number of anilines is 3. The highest BCUT2D eigenvalue weighted by Crippen LogP contribution is 2.50. The average molecular weight is 848 g/mol. The van der Waals surface area contributed by atoms with Crippen molar-refractivity contribution < 1.29 is 0 Å². The zero-order valence-corrected chi connectivity index (χ0v) is 36.8. The molecule has 0 saturated heterocycles. The normalized spacial score (nSPS) is 12.2. The van der Waals surface area contributed by atoms with Gasteiger partial charge in [-0.15, -0.1) is 11.3 Å². The second-order valence-corrected chi connectivity index (χ2v) is 18.2. The standard InChI is InChI=1S/C63H45NS/c1-4-18-43(19-5-1)40-58(54-30-13-12-29-53(54)55-31-15-26-49-41-48-24-10-11-28-52(48)61(49)55)56-32-16-33-57-62-59(34-17-35-60(62)65-63(56)57)64(50-38-36-46(37-39-50)44-20-6-2-7-21-44)51-27-14-25-47(42-51)45-22-8-3-9-23-45/h1-39,42,58H,40-41H2. The molecule has 308 valence electrons. The molecule has 0 radical (unpaired) electrons. The molecule has 1 atom stereocenters. The smallest absolute Gasteiger partial charge is 0.0554 e. The molecule has 0 saturated carbocycles. The predicted octanol–water partition coefficient (Wildman–Crippen LogP) is 17.5. The van der Waals surface area contributed by atoms with E-state index in [9.17, 15) is 0 Å². The molecule has 10 aromatic carbocycles. The van der Waals surface area contributed by atoms with Crippen LogP contribution in [0, 0.1) is 0 Å². The van der Waals surface area contributed by atoms with Crippen LogP contribution in [0.3, 0.4) is 0 Å². The Balaban J connectivity index is 1.05. The van der Waals surface area contributed by atoms with Gasteiger partial charge in [-0.1, -0.05) is 206 Å². The topological polar surface area (TPSA) is 3.24 Å². The lowest BCUT2D eigenvalue weighted by molar-refractivity contribution is 0.815. The van der Waals surface area contributed by atoms with Crippen LogP contribution in [0.1, 0.15) is 33.7 Å². The third-order valence-electron chi connectivity index (χ3n) is 13.3. The molecule has 0 spiro atoms. The number of fused-ring (bicyclic) bond motifs is 6. The van der Waals surface area contributed by atoms with Gasteiger partial charge in [0, 0.05) is 37.5 Å². The number of hydrogen-bond donors (Lipinski definition) is 0. The average Bonchev–Trinajstić information content (AvgIpc) is 3.97. The molecule has 1 unspecified atom stereocenters. The first-order valence-corrected chi connectivity index (χ1v) is 23.5. The SMILES string of the molecule is c1ccc(CC(c2ccccc2-c2cccc3c2-c2ccccc2C3)c2cccc3c2sc2cccc(N(c4ccc(-c5ccccc5)cc4)c4cccc(-c5ccccc5)c4)c23)cc1. The van der Waals surface area contributed by atoms with E-state index < -0.39 is 0 Å². The van der Waals surface area contributed by atoms with Gasteiger partial charge in [0.05, 0.1) is 5.69 Å². The highest BCUT2D eigenvalue weighted by molar-refractivity contribution is 7.26. The summed E-state index contributed by atoms with van der Waals surface area (Å²) in [5.74, 6) is 0.102. The van der Waals surface area contributed by atoms with E-state index in [-0.39, 0.29) is 5.92 Å². The van der Waals surface area contributed by atoms with Gasteiger partial charge in [-0.2, -0.15) is 0 Å². The van der Waals surface area contributed by atoms with Crippen LogP contribution in [0.4, 0.5) is 17.1 Å². The fraction of sp³-hybridized carbons (Fsp3) is 0.0476. The summed E-state index contributed by atoms with van der Waals surface area (Å²) in [6.45, 7) is 0. The van der Waals surface area contributed by atoms with Gasteiger partial charge >= 0.3 is 0 Å². The van der Waals surface area contributed by atoms with E-state index >= 15 is 0 Å². The predicted molar refractivity (Wildman–Crippen MR) is 277 cm³/mol. The Bertz CT molecular complexity index is 3480. The molecular weight excluding hydrogens is 803 g/mol. The fourth-order valence-corrected chi connectivity index (χ4v) is 11.6. The maximum atomic E-state index is 2.47. The summed E-state index contributed by atoms with van der Waals surface area (Å²) in [5, 5.41) is 2.56. The molecule has 0 fully saturated rings. The molecule has 0 N–H and O–H groups in total. The van der Waals surface area contributed by atoms with Gasteiger partial charge < -0.3 is 4.90 Å². The maximum Gasteiger partial charge on any atom is 0.0554 e. The summed E-state index contributed by atoms with van der Waals surface area (Å²) in [7, 11) is 0. The summed E-state index contributed by atoms with van der Waals surface area (Å²) in [6.07, 6.45) is 1.86. The number of nitrogens with zero attached hydrogens (tertiary/aromatic N) is 1. The van der Waals surface area contributed by atoms with E-state index in [1.165, 1.54) is 98.2 Å². The van der Waals surface area contributed by atoms with Crippen LogP contribution in [0.15, 0.2) is 243 Å². The highest BCUT2D eigenvalue weighted by Gasteiger charge is 2.28. The largest absolute Gasteiger partial charge is 0.310 e. The molecule has 11 aromatic rings. The zero-order chi connectivity index (χ0) is 43.1. The van der Waals surface area contributed by atoms with Crippen molar-refractivity contribution in [2.75, 3.05) is 4.90 Å². The van der Waals surface area contributed by atoms with Crippen molar-refractivity contribution in [2.24, 2.45) is 0 Å². The van der Waals surface area contributed by atoms with E-state index in [1.807, 2.05) is 11.3 Å².